The number of aromatic hydroxyl groups is 1. The summed E-state index contributed by atoms with van der Waals surface area (Å²) in [6.07, 6.45) is 11.0. The molecule has 0 radical (unpaired) electrons. The van der Waals surface area contributed by atoms with Crippen molar-refractivity contribution >= 4 is 5.97 Å². The number of benzene rings is 1. The minimum Gasteiger partial charge on any atom is -0.504 e. The number of ether oxygens (including phenoxy) is 3. The maximum atomic E-state index is 13.4. The lowest BCUT2D eigenvalue weighted by Crippen LogP contribution is -2.68. The number of carbonyl (C=O) groups excluding carboxylic acids is 1. The van der Waals surface area contributed by atoms with Gasteiger partial charge in [-0.05, 0) is 128 Å². The van der Waals surface area contributed by atoms with E-state index in [1.165, 1.54) is 17.5 Å². The molecule has 6 heteroatoms. The predicted molar refractivity (Wildman–Crippen MR) is 172 cm³/mol. The molecule has 2 heterocycles. The van der Waals surface area contributed by atoms with E-state index in [0.29, 0.717) is 28.7 Å². The average Bonchev–Trinajstić information content (AvgIpc) is 3.61. The Hall–Kier alpha value is -2.31. The second kappa shape index (κ2) is 8.98. The first kappa shape index (κ1) is 30.1. The second-order valence-corrected chi connectivity index (χ2v) is 17.6. The van der Waals surface area contributed by atoms with Gasteiger partial charge in [0.05, 0.1) is 5.57 Å². The third-order valence-corrected chi connectivity index (χ3v) is 14.9. The fourth-order valence-corrected chi connectivity index (χ4v) is 12.3. The van der Waals surface area contributed by atoms with Gasteiger partial charge in [-0.15, -0.1) is 6.58 Å². The third kappa shape index (κ3) is 3.62. The fourth-order valence-electron chi connectivity index (χ4n) is 12.3. The smallest absolute Gasteiger partial charge is 0.337 e. The Labute approximate surface area is 268 Å². The van der Waals surface area contributed by atoms with Gasteiger partial charge in [0.25, 0.3) is 0 Å². The van der Waals surface area contributed by atoms with Crippen LogP contribution in [0.25, 0.3) is 0 Å². The molecule has 6 nitrogen and oxygen atoms in total. The summed E-state index contributed by atoms with van der Waals surface area (Å²) in [6.45, 7) is 19.7. The number of fused-ring (bicyclic) bond motifs is 7. The molecular formula is C39H52O6. The number of phenols is 1. The van der Waals surface area contributed by atoms with Crippen molar-refractivity contribution in [1.82, 2.24) is 0 Å². The van der Waals surface area contributed by atoms with Gasteiger partial charge < -0.3 is 24.4 Å². The number of phenolic OH excluding ortho intramolecular Hbond substituents is 1. The molecule has 0 bridgehead atoms. The highest BCUT2D eigenvalue weighted by atomic mass is 16.7. The van der Waals surface area contributed by atoms with E-state index in [4.69, 9.17) is 14.2 Å². The molecule has 1 aromatic carbocycles. The molecule has 5 fully saturated rings. The molecule has 7 aliphatic rings. The lowest BCUT2D eigenvalue weighted by molar-refractivity contribution is -0.251. The second-order valence-electron chi connectivity index (χ2n) is 17.6. The van der Waals surface area contributed by atoms with Crippen LogP contribution in [0.4, 0.5) is 0 Å². The van der Waals surface area contributed by atoms with Crippen molar-refractivity contribution in [3.05, 3.63) is 46.6 Å². The van der Waals surface area contributed by atoms with Crippen molar-refractivity contribution in [3.8, 4) is 11.5 Å². The third-order valence-electron chi connectivity index (χ3n) is 14.9. The highest BCUT2D eigenvalue weighted by Crippen LogP contribution is 2.73. The molecule has 2 N–H and O–H groups in total. The van der Waals surface area contributed by atoms with Crippen LogP contribution in [-0.2, 0) is 26.1 Å². The number of allylic oxidation sites excluding steroid dienone is 1. The van der Waals surface area contributed by atoms with Crippen LogP contribution in [0, 0.1) is 40.9 Å². The van der Waals surface area contributed by atoms with E-state index in [1.807, 2.05) is 13.0 Å². The van der Waals surface area contributed by atoms with Crippen molar-refractivity contribution in [1.29, 1.82) is 0 Å². The topological polar surface area (TPSA) is 88.5 Å². The Morgan fingerprint density at radius 1 is 1.04 bits per heavy atom. The number of rotatable bonds is 3. The van der Waals surface area contributed by atoms with Crippen LogP contribution < -0.4 is 4.74 Å². The van der Waals surface area contributed by atoms with E-state index < -0.39 is 23.5 Å². The average molecular weight is 617 g/mol. The summed E-state index contributed by atoms with van der Waals surface area (Å²) < 4.78 is 19.8. The largest absolute Gasteiger partial charge is 0.504 e. The van der Waals surface area contributed by atoms with Gasteiger partial charge in [0, 0.05) is 11.5 Å². The fraction of sp³-hybridized carbons (Fsp3) is 0.718. The first-order valence-corrected chi connectivity index (χ1v) is 17.6. The summed E-state index contributed by atoms with van der Waals surface area (Å²) in [4.78, 5) is 13.4. The first-order valence-electron chi connectivity index (χ1n) is 17.6. The molecule has 4 saturated carbocycles. The van der Waals surface area contributed by atoms with Gasteiger partial charge in [0.15, 0.2) is 11.5 Å². The minimum atomic E-state index is -1.73. The van der Waals surface area contributed by atoms with Gasteiger partial charge in [0.2, 0.25) is 0 Å². The molecule has 2 aliphatic heterocycles. The number of carbonyl (C=O) groups is 1. The molecule has 0 amide bonds. The van der Waals surface area contributed by atoms with E-state index in [2.05, 4.69) is 47.3 Å². The number of epoxide rings is 1. The molecule has 1 aromatic rings. The van der Waals surface area contributed by atoms with Crippen LogP contribution in [0.5, 0.6) is 11.5 Å². The lowest BCUT2D eigenvalue weighted by atomic mass is 9.43. The maximum absolute atomic E-state index is 13.4. The Kier molecular flexibility index (Phi) is 5.99. The summed E-state index contributed by atoms with van der Waals surface area (Å²) in [6, 6.07) is 2.02. The highest BCUT2D eigenvalue weighted by molar-refractivity contribution is 5.93. The number of hydrogen-bond donors (Lipinski definition) is 2. The predicted octanol–water partition coefficient (Wildman–Crippen LogP) is 7.60. The summed E-state index contributed by atoms with van der Waals surface area (Å²) >= 11 is 0. The summed E-state index contributed by atoms with van der Waals surface area (Å²) in [5.41, 5.74) is 3.82. The van der Waals surface area contributed by atoms with Gasteiger partial charge in [0.1, 0.15) is 17.8 Å². The monoisotopic (exact) mass is 616 g/mol. The molecule has 5 aliphatic carbocycles. The molecular weight excluding hydrogens is 564 g/mol. The molecule has 244 valence electrons. The normalized spacial score (nSPS) is 47.3. The molecule has 0 aromatic heterocycles. The van der Waals surface area contributed by atoms with Crippen molar-refractivity contribution in [2.75, 3.05) is 0 Å². The van der Waals surface area contributed by atoms with E-state index in [9.17, 15) is 15.0 Å². The quantitative estimate of drug-likeness (QED) is 0.207. The van der Waals surface area contributed by atoms with Crippen LogP contribution in [0.2, 0.25) is 0 Å². The molecule has 0 unspecified atom stereocenters. The summed E-state index contributed by atoms with van der Waals surface area (Å²) in [7, 11) is 0. The molecule has 10 atom stereocenters. The molecule has 45 heavy (non-hydrogen) atoms. The lowest BCUT2D eigenvalue weighted by Gasteiger charge is -2.62. The van der Waals surface area contributed by atoms with Gasteiger partial charge in [-0.3, -0.25) is 0 Å². The van der Waals surface area contributed by atoms with Crippen molar-refractivity contribution in [3.63, 3.8) is 0 Å². The van der Waals surface area contributed by atoms with Crippen molar-refractivity contribution < 1.29 is 29.2 Å². The SMILES string of the molecule is C=C[C@@]1(C)CC[C@]2(C)c3cc(O[C@@]45OC(=O)C(C)=C4[C@H]4O[C@]46CC[C@@H]4C(C)(C)CCC[C@@]4(C)[C@@H]6[C@H]5O)c(O)c(C)c3CC[C@H]2C1. The summed E-state index contributed by atoms with van der Waals surface area (Å²) in [5, 5.41) is 24.4. The number of esters is 1. The van der Waals surface area contributed by atoms with E-state index >= 15 is 0 Å². The Morgan fingerprint density at radius 2 is 1.80 bits per heavy atom. The van der Waals surface area contributed by atoms with Crippen molar-refractivity contribution in [2.24, 2.45) is 34.0 Å². The van der Waals surface area contributed by atoms with Crippen LogP contribution in [0.3, 0.4) is 0 Å². The van der Waals surface area contributed by atoms with Crippen LogP contribution in [0.1, 0.15) is 116 Å². The zero-order valence-electron chi connectivity index (χ0n) is 28.3. The van der Waals surface area contributed by atoms with Gasteiger partial charge in [-0.1, -0.05) is 47.1 Å². The molecule has 1 saturated heterocycles. The van der Waals surface area contributed by atoms with Gasteiger partial charge in [-0.2, -0.15) is 0 Å². The Balaban J connectivity index is 1.24. The summed E-state index contributed by atoms with van der Waals surface area (Å²) in [5.74, 6) is -1.19. The Morgan fingerprint density at radius 3 is 2.53 bits per heavy atom. The van der Waals surface area contributed by atoms with Crippen LogP contribution >= 0.6 is 0 Å². The number of aliphatic hydroxyl groups is 1. The van der Waals surface area contributed by atoms with Crippen molar-refractivity contribution in [2.45, 2.75) is 142 Å². The van der Waals surface area contributed by atoms with E-state index in [1.54, 1.807) is 6.92 Å². The highest BCUT2D eigenvalue weighted by Gasteiger charge is 2.82. The molecule has 1 spiro atoms. The number of aliphatic hydroxyl groups excluding tert-OH is 1. The van der Waals surface area contributed by atoms with E-state index in [0.717, 1.165) is 63.4 Å². The first-order chi connectivity index (χ1) is 21.1. The molecule has 8 rings (SSSR count). The van der Waals surface area contributed by atoms with Crippen LogP contribution in [0.15, 0.2) is 29.9 Å². The van der Waals surface area contributed by atoms with Gasteiger partial charge in [-0.25, -0.2) is 4.79 Å². The van der Waals surface area contributed by atoms with Crippen LogP contribution in [-0.4, -0.2) is 39.8 Å². The standard InChI is InChI=1S/C39H52O6/c1-9-35(6)17-18-36(7)23(20-35)11-12-24-21(2)29(40)26(19-25(24)36)43-39-28(22(3)33(42)45-39)32-38(44-32)16-13-27-34(4,5)14-10-15-37(27,8)30(38)31(39)41/h9,19,23,27,30-32,40-41H,1,10-18,20H2,2-8H3/t23-,27+,30-,31+,32+,35-,36-,37+,38-,39+/m0/s1. The number of hydrogen-bond acceptors (Lipinski definition) is 6. The zero-order valence-corrected chi connectivity index (χ0v) is 28.3. The van der Waals surface area contributed by atoms with Gasteiger partial charge >= 0.3 is 11.8 Å². The maximum Gasteiger partial charge on any atom is 0.337 e. The Bertz CT molecular complexity index is 1560. The van der Waals surface area contributed by atoms with E-state index in [-0.39, 0.29) is 39.4 Å². The minimum absolute atomic E-state index is 0.0665. The zero-order chi connectivity index (χ0) is 32.1.